The molecule has 1 rings (SSSR count). The molecule has 0 aliphatic carbocycles. The molecule has 0 heterocycles. The van der Waals surface area contributed by atoms with Crippen LogP contribution >= 0.6 is 47.8 Å². The second kappa shape index (κ2) is 7.38. The fourth-order valence-electron chi connectivity index (χ4n) is 1.30. The summed E-state index contributed by atoms with van der Waals surface area (Å²) in [6.07, 6.45) is 1.34. The topological polar surface area (TPSA) is 41.1 Å². The maximum Gasteiger partial charge on any atom is 0.219 e. The van der Waals surface area contributed by atoms with E-state index in [1.807, 2.05) is 12.1 Å². The third kappa shape index (κ3) is 4.97. The molecule has 2 N–H and O–H groups in total. The van der Waals surface area contributed by atoms with Crippen molar-refractivity contribution in [2.24, 2.45) is 0 Å². The van der Waals surface area contributed by atoms with E-state index in [2.05, 4.69) is 58.4 Å². The van der Waals surface area contributed by atoms with Crippen molar-refractivity contribution in [1.82, 2.24) is 5.32 Å². The van der Waals surface area contributed by atoms with Crippen molar-refractivity contribution in [3.8, 4) is 0 Å². The SMILES string of the molecule is CNC(=O)CCCNc1c(Br)cc(Br)cc1Br. The molecule has 17 heavy (non-hydrogen) atoms. The van der Waals surface area contributed by atoms with Crippen LogP contribution in [0.15, 0.2) is 25.6 Å². The van der Waals surface area contributed by atoms with Crippen LogP contribution in [0.3, 0.4) is 0 Å². The summed E-state index contributed by atoms with van der Waals surface area (Å²) in [4.78, 5) is 11.0. The van der Waals surface area contributed by atoms with Crippen molar-refractivity contribution in [1.29, 1.82) is 0 Å². The number of halogens is 3. The molecule has 0 radical (unpaired) electrons. The number of benzene rings is 1. The number of carbonyl (C=O) groups excluding carboxylic acids is 1. The van der Waals surface area contributed by atoms with Crippen molar-refractivity contribution in [3.05, 3.63) is 25.6 Å². The lowest BCUT2D eigenvalue weighted by Gasteiger charge is -2.11. The highest BCUT2D eigenvalue weighted by molar-refractivity contribution is 9.11. The third-order valence-electron chi connectivity index (χ3n) is 2.17. The van der Waals surface area contributed by atoms with Crippen molar-refractivity contribution in [3.63, 3.8) is 0 Å². The van der Waals surface area contributed by atoms with E-state index in [1.54, 1.807) is 7.05 Å². The maximum atomic E-state index is 11.0. The van der Waals surface area contributed by atoms with Crippen LogP contribution < -0.4 is 10.6 Å². The molecule has 0 aliphatic rings. The van der Waals surface area contributed by atoms with Crippen LogP contribution in [0.1, 0.15) is 12.8 Å². The van der Waals surface area contributed by atoms with Crippen LogP contribution in [0.25, 0.3) is 0 Å². The number of rotatable bonds is 5. The highest BCUT2D eigenvalue weighted by Gasteiger charge is 2.06. The van der Waals surface area contributed by atoms with Crippen LogP contribution in [0.5, 0.6) is 0 Å². The zero-order valence-corrected chi connectivity index (χ0v) is 14.1. The summed E-state index contributed by atoms with van der Waals surface area (Å²) in [5.41, 5.74) is 1.00. The summed E-state index contributed by atoms with van der Waals surface area (Å²) < 4.78 is 2.98. The van der Waals surface area contributed by atoms with Gasteiger partial charge in [0.2, 0.25) is 5.91 Å². The molecule has 0 aromatic heterocycles. The minimum absolute atomic E-state index is 0.0701. The van der Waals surface area contributed by atoms with Gasteiger partial charge in [-0.05, 0) is 50.4 Å². The fraction of sp³-hybridized carbons (Fsp3) is 0.364. The van der Waals surface area contributed by atoms with Crippen LogP contribution in [0.2, 0.25) is 0 Å². The Labute approximate surface area is 126 Å². The first-order valence-corrected chi connectivity index (χ1v) is 7.51. The van der Waals surface area contributed by atoms with E-state index in [4.69, 9.17) is 0 Å². The molecule has 94 valence electrons. The predicted molar refractivity (Wildman–Crippen MR) is 81.3 cm³/mol. The lowest BCUT2D eigenvalue weighted by molar-refractivity contribution is -0.120. The van der Waals surface area contributed by atoms with Gasteiger partial charge in [-0.15, -0.1) is 0 Å². The van der Waals surface area contributed by atoms with Gasteiger partial charge in [-0.1, -0.05) is 15.9 Å². The summed E-state index contributed by atoms with van der Waals surface area (Å²) >= 11 is 10.4. The van der Waals surface area contributed by atoms with Gasteiger partial charge in [-0.25, -0.2) is 0 Å². The average molecular weight is 429 g/mol. The van der Waals surface area contributed by atoms with Crippen LogP contribution in [-0.4, -0.2) is 19.5 Å². The van der Waals surface area contributed by atoms with Gasteiger partial charge in [0, 0.05) is 33.4 Å². The molecule has 3 nitrogen and oxygen atoms in total. The van der Waals surface area contributed by atoms with E-state index in [9.17, 15) is 4.79 Å². The molecule has 0 aliphatic heterocycles. The van der Waals surface area contributed by atoms with E-state index < -0.39 is 0 Å². The van der Waals surface area contributed by atoms with E-state index in [0.29, 0.717) is 6.42 Å². The largest absolute Gasteiger partial charge is 0.383 e. The summed E-state index contributed by atoms with van der Waals surface area (Å²) in [6.45, 7) is 0.756. The normalized spacial score (nSPS) is 10.1. The smallest absolute Gasteiger partial charge is 0.219 e. The van der Waals surface area contributed by atoms with Gasteiger partial charge in [-0.3, -0.25) is 4.79 Å². The van der Waals surface area contributed by atoms with Crippen molar-refractivity contribution in [2.75, 3.05) is 18.9 Å². The maximum absolute atomic E-state index is 11.0. The van der Waals surface area contributed by atoms with E-state index in [0.717, 1.165) is 32.1 Å². The molecule has 6 heteroatoms. The van der Waals surface area contributed by atoms with Gasteiger partial charge in [0.25, 0.3) is 0 Å². The van der Waals surface area contributed by atoms with Crippen LogP contribution in [0, 0.1) is 0 Å². The zero-order chi connectivity index (χ0) is 12.8. The number of anilines is 1. The van der Waals surface area contributed by atoms with E-state index >= 15 is 0 Å². The Bertz CT molecular complexity index is 387. The summed E-state index contributed by atoms with van der Waals surface area (Å²) in [5, 5.41) is 5.90. The molecule has 0 spiro atoms. The molecule has 1 amide bonds. The highest BCUT2D eigenvalue weighted by Crippen LogP contribution is 2.34. The second-order valence-electron chi connectivity index (χ2n) is 3.45. The second-order valence-corrected chi connectivity index (χ2v) is 6.07. The van der Waals surface area contributed by atoms with E-state index in [-0.39, 0.29) is 5.91 Å². The minimum atomic E-state index is 0.0701. The highest BCUT2D eigenvalue weighted by atomic mass is 79.9. The monoisotopic (exact) mass is 426 g/mol. The number of amides is 1. The molecule has 0 unspecified atom stereocenters. The first kappa shape index (κ1) is 15.0. The molecular weight excluding hydrogens is 416 g/mol. The average Bonchev–Trinajstić information content (AvgIpc) is 2.26. The first-order valence-electron chi connectivity index (χ1n) is 5.13. The molecular formula is C11H13Br3N2O. The molecule has 0 saturated carbocycles. The molecule has 0 saturated heterocycles. The summed E-state index contributed by atoms with van der Waals surface area (Å²) in [7, 11) is 1.65. The van der Waals surface area contributed by atoms with Gasteiger partial charge in [0.05, 0.1) is 5.69 Å². The van der Waals surface area contributed by atoms with Gasteiger partial charge < -0.3 is 10.6 Å². The van der Waals surface area contributed by atoms with E-state index in [1.165, 1.54) is 0 Å². The van der Waals surface area contributed by atoms with Gasteiger partial charge >= 0.3 is 0 Å². The number of hydrogen-bond acceptors (Lipinski definition) is 2. The quantitative estimate of drug-likeness (QED) is 0.698. The van der Waals surface area contributed by atoms with Gasteiger partial charge in [0.15, 0.2) is 0 Å². The Balaban J connectivity index is 2.50. The van der Waals surface area contributed by atoms with Crippen molar-refractivity contribution >= 4 is 59.4 Å². The van der Waals surface area contributed by atoms with Crippen molar-refractivity contribution < 1.29 is 4.79 Å². The van der Waals surface area contributed by atoms with Crippen molar-refractivity contribution in [2.45, 2.75) is 12.8 Å². The summed E-state index contributed by atoms with van der Waals surface area (Å²) in [5.74, 6) is 0.0701. The Morgan fingerprint density at radius 2 is 1.82 bits per heavy atom. The Hall–Kier alpha value is -0.0700. The minimum Gasteiger partial charge on any atom is -0.383 e. The molecule has 0 bridgehead atoms. The lowest BCUT2D eigenvalue weighted by atomic mass is 10.2. The number of hydrogen-bond donors (Lipinski definition) is 2. The zero-order valence-electron chi connectivity index (χ0n) is 9.32. The van der Waals surface area contributed by atoms with Gasteiger partial charge in [-0.2, -0.15) is 0 Å². The standard InChI is InChI=1S/C11H13Br3N2O/c1-15-10(17)3-2-4-16-11-8(13)5-7(12)6-9(11)14/h5-6,16H,2-4H2,1H3,(H,15,17). The molecule has 0 atom stereocenters. The Kier molecular flexibility index (Phi) is 6.51. The van der Waals surface area contributed by atoms with Crippen LogP contribution in [0.4, 0.5) is 5.69 Å². The lowest BCUT2D eigenvalue weighted by Crippen LogP contribution is -2.18. The van der Waals surface area contributed by atoms with Crippen LogP contribution in [-0.2, 0) is 4.79 Å². The Morgan fingerprint density at radius 1 is 1.24 bits per heavy atom. The predicted octanol–water partition coefficient (Wildman–Crippen LogP) is 3.91. The number of nitrogens with one attached hydrogen (secondary N) is 2. The summed E-state index contributed by atoms with van der Waals surface area (Å²) in [6, 6.07) is 3.96. The Morgan fingerprint density at radius 3 is 2.35 bits per heavy atom. The molecule has 1 aromatic carbocycles. The fourth-order valence-corrected chi connectivity index (χ4v) is 3.84. The van der Waals surface area contributed by atoms with Gasteiger partial charge in [0.1, 0.15) is 0 Å². The molecule has 1 aromatic rings. The number of carbonyl (C=O) groups is 1. The molecule has 0 fully saturated rings. The third-order valence-corrected chi connectivity index (χ3v) is 3.88. The first-order chi connectivity index (χ1) is 8.04.